The molecule has 2 aromatic heterocycles. The van der Waals surface area contributed by atoms with Gasteiger partial charge in [0.05, 0.1) is 19.8 Å². The fraction of sp³-hybridized carbons (Fsp3) is 0.0833. The molecule has 0 amide bonds. The maximum atomic E-state index is 11.8. The zero-order valence-corrected chi connectivity index (χ0v) is 19.3. The normalized spacial score (nSPS) is 11.3. The van der Waals surface area contributed by atoms with Gasteiger partial charge in [0.1, 0.15) is 27.9 Å². The largest absolute Gasteiger partial charge is 0.497 e. The summed E-state index contributed by atoms with van der Waals surface area (Å²) in [6, 6.07) is 14.7. The van der Waals surface area contributed by atoms with Crippen molar-refractivity contribution in [2.24, 2.45) is 0 Å². The number of nitrogens with zero attached hydrogens (tertiary/aromatic N) is 2. The summed E-state index contributed by atoms with van der Waals surface area (Å²) in [5, 5.41) is 25.8. The number of aromatic carboxylic acids is 1. The molecule has 11 heteroatoms. The highest BCUT2D eigenvalue weighted by atomic mass is 32.2. The lowest BCUT2D eigenvalue weighted by molar-refractivity contribution is -0.131. The number of nitrogens with one attached hydrogen (secondary N) is 1. The Morgan fingerprint density at radius 1 is 0.971 bits per heavy atom. The van der Waals surface area contributed by atoms with Crippen molar-refractivity contribution in [3.8, 4) is 34.2 Å². The van der Waals surface area contributed by atoms with Gasteiger partial charge in [-0.3, -0.25) is 5.10 Å². The molecule has 178 valence electrons. The standard InChI is InChI=1S/C24H19N3O7S/c1-32-17-9-15(10-18(11-17)33-2)21-25-24(27-26-21)35-20(23(30)31)12-16-7-8-19(34-16)13-3-5-14(6-4-13)22(28)29/h3-12H,1-2H3,(H,28,29)(H,30,31)(H,25,26,27)/b20-12-. The van der Waals surface area contributed by atoms with Gasteiger partial charge in [0, 0.05) is 23.3 Å². The van der Waals surface area contributed by atoms with Crippen molar-refractivity contribution >= 4 is 29.8 Å². The number of methoxy groups -OCH3 is 2. The van der Waals surface area contributed by atoms with Crippen LogP contribution in [0.2, 0.25) is 0 Å². The molecule has 0 atom stereocenters. The van der Waals surface area contributed by atoms with Gasteiger partial charge in [-0.2, -0.15) is 0 Å². The van der Waals surface area contributed by atoms with E-state index in [2.05, 4.69) is 15.2 Å². The highest BCUT2D eigenvalue weighted by molar-refractivity contribution is 8.04. The first-order valence-electron chi connectivity index (χ1n) is 10.1. The van der Waals surface area contributed by atoms with Crippen molar-refractivity contribution in [3.05, 3.63) is 70.8 Å². The van der Waals surface area contributed by atoms with Crippen molar-refractivity contribution in [3.63, 3.8) is 0 Å². The summed E-state index contributed by atoms with van der Waals surface area (Å²) in [7, 11) is 3.07. The number of aromatic nitrogens is 3. The Morgan fingerprint density at radius 3 is 2.26 bits per heavy atom. The van der Waals surface area contributed by atoms with Crippen LogP contribution in [0.5, 0.6) is 11.5 Å². The molecule has 0 aliphatic carbocycles. The van der Waals surface area contributed by atoms with Crippen LogP contribution >= 0.6 is 11.8 Å². The molecule has 4 aromatic rings. The van der Waals surface area contributed by atoms with Gasteiger partial charge in [-0.15, -0.1) is 5.10 Å². The van der Waals surface area contributed by atoms with Gasteiger partial charge in [0.25, 0.3) is 0 Å². The number of benzene rings is 2. The Labute approximate surface area is 203 Å². The second-order valence-corrected chi connectivity index (χ2v) is 8.08. The molecule has 0 aliphatic rings. The molecule has 3 N–H and O–H groups in total. The number of aromatic amines is 1. The van der Waals surface area contributed by atoms with Gasteiger partial charge in [-0.05, 0) is 48.2 Å². The predicted molar refractivity (Wildman–Crippen MR) is 127 cm³/mol. The molecule has 0 radical (unpaired) electrons. The molecule has 0 unspecified atom stereocenters. The van der Waals surface area contributed by atoms with E-state index in [9.17, 15) is 14.7 Å². The number of thioether (sulfide) groups is 1. The number of carbonyl (C=O) groups is 2. The summed E-state index contributed by atoms with van der Waals surface area (Å²) in [6.45, 7) is 0. The molecule has 4 rings (SSSR count). The van der Waals surface area contributed by atoms with Crippen LogP contribution in [0.1, 0.15) is 16.1 Å². The maximum absolute atomic E-state index is 11.8. The van der Waals surface area contributed by atoms with Crippen LogP contribution in [-0.2, 0) is 4.79 Å². The van der Waals surface area contributed by atoms with E-state index in [4.69, 9.17) is 19.0 Å². The lowest BCUT2D eigenvalue weighted by Gasteiger charge is -2.06. The summed E-state index contributed by atoms with van der Waals surface area (Å²) in [4.78, 5) is 27.2. The van der Waals surface area contributed by atoms with Crippen molar-refractivity contribution in [1.29, 1.82) is 0 Å². The summed E-state index contributed by atoms with van der Waals surface area (Å²) in [6.07, 6.45) is 1.37. The average Bonchev–Trinajstić information content (AvgIpc) is 3.53. The topological polar surface area (TPSA) is 148 Å². The minimum absolute atomic E-state index is 0.0547. The second-order valence-electron chi connectivity index (χ2n) is 7.07. The summed E-state index contributed by atoms with van der Waals surface area (Å²) in [5.74, 6) is 0.135. The smallest absolute Gasteiger partial charge is 0.342 e. The van der Waals surface area contributed by atoms with E-state index in [0.717, 1.165) is 11.8 Å². The highest BCUT2D eigenvalue weighted by Crippen LogP contribution is 2.32. The zero-order chi connectivity index (χ0) is 24.9. The number of ether oxygens (including phenoxy) is 2. The van der Waals surface area contributed by atoms with Crippen molar-refractivity contribution in [2.45, 2.75) is 5.16 Å². The molecule has 2 aromatic carbocycles. The van der Waals surface area contributed by atoms with Gasteiger partial charge in [0.2, 0.25) is 5.16 Å². The minimum atomic E-state index is -1.17. The van der Waals surface area contributed by atoms with Crippen LogP contribution in [0, 0.1) is 0 Å². The third-order valence-corrected chi connectivity index (χ3v) is 5.70. The fourth-order valence-electron chi connectivity index (χ4n) is 3.09. The highest BCUT2D eigenvalue weighted by Gasteiger charge is 2.16. The van der Waals surface area contributed by atoms with E-state index in [1.165, 1.54) is 32.4 Å². The van der Waals surface area contributed by atoms with Gasteiger partial charge in [-0.25, -0.2) is 14.6 Å². The Kier molecular flexibility index (Phi) is 6.88. The number of hydrogen-bond acceptors (Lipinski definition) is 8. The first-order chi connectivity index (χ1) is 16.9. The fourth-order valence-corrected chi connectivity index (χ4v) is 3.78. The maximum Gasteiger partial charge on any atom is 0.342 e. The Bertz CT molecular complexity index is 1380. The van der Waals surface area contributed by atoms with Crippen LogP contribution < -0.4 is 9.47 Å². The van der Waals surface area contributed by atoms with E-state index in [1.807, 2.05) is 0 Å². The first kappa shape index (κ1) is 23.6. The molecular formula is C24H19N3O7S. The zero-order valence-electron chi connectivity index (χ0n) is 18.5. The SMILES string of the molecule is COc1cc(OC)cc(-c2nc(S/C(=C\c3ccc(-c4ccc(C(=O)O)cc4)o3)C(=O)O)n[nH]2)c1. The number of carboxylic acid groups (broad SMARTS) is 2. The molecular weight excluding hydrogens is 474 g/mol. The molecule has 0 fully saturated rings. The number of rotatable bonds is 9. The summed E-state index contributed by atoms with van der Waals surface area (Å²) >= 11 is 0.858. The monoisotopic (exact) mass is 493 g/mol. The quantitative estimate of drug-likeness (QED) is 0.222. The molecule has 10 nitrogen and oxygen atoms in total. The van der Waals surface area contributed by atoms with Crippen LogP contribution in [0.15, 0.2) is 69.1 Å². The molecule has 0 saturated carbocycles. The van der Waals surface area contributed by atoms with Crippen molar-refractivity contribution in [2.75, 3.05) is 14.2 Å². The van der Waals surface area contributed by atoms with Gasteiger partial charge in [0.15, 0.2) is 5.82 Å². The Morgan fingerprint density at radius 2 is 1.66 bits per heavy atom. The Hall–Kier alpha value is -4.51. The predicted octanol–water partition coefficient (Wildman–Crippen LogP) is 4.66. The third kappa shape index (κ3) is 5.53. The van der Waals surface area contributed by atoms with E-state index in [-0.39, 0.29) is 15.6 Å². The summed E-state index contributed by atoms with van der Waals surface area (Å²) in [5.41, 5.74) is 1.47. The molecule has 0 saturated heterocycles. The van der Waals surface area contributed by atoms with Gasteiger partial charge in [-0.1, -0.05) is 12.1 Å². The van der Waals surface area contributed by atoms with E-state index in [0.29, 0.717) is 40.0 Å². The first-order valence-corrected chi connectivity index (χ1v) is 10.9. The van der Waals surface area contributed by atoms with E-state index >= 15 is 0 Å². The van der Waals surface area contributed by atoms with Crippen LogP contribution in [0.25, 0.3) is 28.8 Å². The van der Waals surface area contributed by atoms with E-state index < -0.39 is 11.9 Å². The third-order valence-electron chi connectivity index (χ3n) is 4.82. The number of hydrogen-bond donors (Lipinski definition) is 3. The Balaban J connectivity index is 1.55. The van der Waals surface area contributed by atoms with E-state index in [1.54, 1.807) is 42.5 Å². The lowest BCUT2D eigenvalue weighted by atomic mass is 10.1. The molecule has 0 aliphatic heterocycles. The molecule has 0 bridgehead atoms. The molecule has 2 heterocycles. The second kappa shape index (κ2) is 10.2. The average molecular weight is 493 g/mol. The van der Waals surface area contributed by atoms with Crippen LogP contribution in [0.3, 0.4) is 0 Å². The van der Waals surface area contributed by atoms with Gasteiger partial charge >= 0.3 is 11.9 Å². The minimum Gasteiger partial charge on any atom is -0.497 e. The van der Waals surface area contributed by atoms with Crippen LogP contribution in [0.4, 0.5) is 0 Å². The number of aliphatic carboxylic acids is 1. The molecule has 0 spiro atoms. The summed E-state index contributed by atoms with van der Waals surface area (Å²) < 4.78 is 16.3. The van der Waals surface area contributed by atoms with Gasteiger partial charge < -0.3 is 24.1 Å². The molecule has 35 heavy (non-hydrogen) atoms. The number of furan rings is 1. The van der Waals surface area contributed by atoms with Crippen LogP contribution in [-0.4, -0.2) is 51.6 Å². The van der Waals surface area contributed by atoms with Crippen molar-refractivity contribution in [1.82, 2.24) is 15.2 Å². The number of H-pyrrole nitrogens is 1. The van der Waals surface area contributed by atoms with Crippen molar-refractivity contribution < 1.29 is 33.7 Å². The number of carboxylic acids is 2. The lowest BCUT2D eigenvalue weighted by Crippen LogP contribution is -1.97.